The summed E-state index contributed by atoms with van der Waals surface area (Å²) in [5.41, 5.74) is 1.15. The van der Waals surface area contributed by atoms with Gasteiger partial charge in [-0.2, -0.15) is 5.10 Å². The zero-order valence-electron chi connectivity index (χ0n) is 15.7. The van der Waals surface area contributed by atoms with Crippen LogP contribution in [-0.4, -0.2) is 33.4 Å². The van der Waals surface area contributed by atoms with Crippen LogP contribution in [0.15, 0.2) is 69.3 Å². The highest BCUT2D eigenvalue weighted by Crippen LogP contribution is 2.19. The Morgan fingerprint density at radius 2 is 1.76 bits per heavy atom. The summed E-state index contributed by atoms with van der Waals surface area (Å²) in [5.74, 6) is -0.518. The molecule has 0 unspecified atom stereocenters. The molecule has 148 valence electrons. The van der Waals surface area contributed by atoms with E-state index in [9.17, 15) is 19.5 Å². The van der Waals surface area contributed by atoms with Crippen LogP contribution in [0.4, 0.5) is 0 Å². The number of benzene rings is 2. The number of amides is 1. The van der Waals surface area contributed by atoms with Gasteiger partial charge in [-0.05, 0) is 43.3 Å². The number of nitrogens with zero attached hydrogens (tertiary/aromatic N) is 2. The Kier molecular flexibility index (Phi) is 5.59. The topological polar surface area (TPSA) is 126 Å². The van der Waals surface area contributed by atoms with Gasteiger partial charge in [0.25, 0.3) is 11.5 Å². The number of aromatic nitrogens is 2. The molecule has 1 amide bonds. The Morgan fingerprint density at radius 3 is 2.38 bits per heavy atom. The fraction of sp³-hybridized carbons (Fsp3) is 0.100. The van der Waals surface area contributed by atoms with E-state index in [4.69, 9.17) is 4.74 Å². The van der Waals surface area contributed by atoms with Crippen LogP contribution in [0.3, 0.4) is 0 Å². The predicted octanol–water partition coefficient (Wildman–Crippen LogP) is 1.39. The Bertz CT molecular complexity index is 1180. The van der Waals surface area contributed by atoms with Gasteiger partial charge >= 0.3 is 5.69 Å². The van der Waals surface area contributed by atoms with Crippen molar-refractivity contribution in [2.45, 2.75) is 6.92 Å². The smallest absolute Gasteiger partial charge is 0.335 e. The van der Waals surface area contributed by atoms with Crippen molar-refractivity contribution < 1.29 is 14.6 Å². The third kappa shape index (κ3) is 4.08. The van der Waals surface area contributed by atoms with Gasteiger partial charge < -0.3 is 9.84 Å². The second-order valence-corrected chi connectivity index (χ2v) is 6.00. The first-order valence-electron chi connectivity index (χ1n) is 8.55. The molecule has 29 heavy (non-hydrogen) atoms. The number of aromatic hydroxyl groups is 1. The van der Waals surface area contributed by atoms with E-state index in [-0.39, 0.29) is 11.3 Å². The van der Waals surface area contributed by atoms with E-state index in [2.05, 4.69) is 15.5 Å². The number of rotatable bonds is 5. The minimum Gasteiger partial charge on any atom is -0.497 e. The molecule has 3 N–H and O–H groups in total. The Hall–Kier alpha value is -4.14. The molecular weight excluding hydrogens is 376 g/mol. The molecule has 1 heterocycles. The molecule has 0 aliphatic carbocycles. The average molecular weight is 394 g/mol. The van der Waals surface area contributed by atoms with Crippen molar-refractivity contribution in [3.05, 3.63) is 86.6 Å². The monoisotopic (exact) mass is 394 g/mol. The van der Waals surface area contributed by atoms with Crippen molar-refractivity contribution in [2.75, 3.05) is 7.11 Å². The van der Waals surface area contributed by atoms with Gasteiger partial charge in [0.05, 0.1) is 18.5 Å². The highest BCUT2D eigenvalue weighted by Gasteiger charge is 2.18. The maximum absolute atomic E-state index is 12.3. The number of hydrogen-bond donors (Lipinski definition) is 3. The van der Waals surface area contributed by atoms with Crippen molar-refractivity contribution in [2.24, 2.45) is 5.10 Å². The number of aromatic amines is 1. The minimum absolute atomic E-state index is 0.0234. The Balaban J connectivity index is 1.99. The highest BCUT2D eigenvalue weighted by atomic mass is 16.5. The summed E-state index contributed by atoms with van der Waals surface area (Å²) in [7, 11) is 1.50. The first-order chi connectivity index (χ1) is 13.9. The third-order valence-corrected chi connectivity index (χ3v) is 4.14. The summed E-state index contributed by atoms with van der Waals surface area (Å²) < 4.78 is 6.00. The van der Waals surface area contributed by atoms with E-state index in [1.807, 2.05) is 0 Å². The molecule has 3 rings (SSSR count). The van der Waals surface area contributed by atoms with Gasteiger partial charge in [0, 0.05) is 5.56 Å². The Morgan fingerprint density at radius 1 is 1.10 bits per heavy atom. The molecule has 0 radical (unpaired) electrons. The molecule has 0 fully saturated rings. The van der Waals surface area contributed by atoms with Crippen LogP contribution in [0.5, 0.6) is 11.6 Å². The number of nitrogens with one attached hydrogen (secondary N) is 2. The zero-order valence-corrected chi connectivity index (χ0v) is 15.7. The number of hydrazone groups is 1. The van der Waals surface area contributed by atoms with Gasteiger partial charge in [-0.3, -0.25) is 14.6 Å². The van der Waals surface area contributed by atoms with Crippen molar-refractivity contribution in [3.63, 3.8) is 0 Å². The summed E-state index contributed by atoms with van der Waals surface area (Å²) in [6, 6.07) is 14.7. The van der Waals surface area contributed by atoms with E-state index >= 15 is 0 Å². The fourth-order valence-corrected chi connectivity index (χ4v) is 2.67. The molecule has 0 atom stereocenters. The van der Waals surface area contributed by atoms with Crippen LogP contribution in [0.1, 0.15) is 22.8 Å². The number of hydrogen-bond acceptors (Lipinski definition) is 6. The molecule has 0 aliphatic rings. The molecule has 0 saturated heterocycles. The summed E-state index contributed by atoms with van der Waals surface area (Å²) in [4.78, 5) is 38.8. The molecule has 3 aromatic rings. The lowest BCUT2D eigenvalue weighted by atomic mass is 10.2. The first-order valence-corrected chi connectivity index (χ1v) is 8.55. The van der Waals surface area contributed by atoms with Gasteiger partial charge in [0.1, 0.15) is 11.3 Å². The lowest BCUT2D eigenvalue weighted by Gasteiger charge is -2.12. The molecule has 0 saturated carbocycles. The van der Waals surface area contributed by atoms with E-state index in [1.165, 1.54) is 14.0 Å². The van der Waals surface area contributed by atoms with E-state index in [0.29, 0.717) is 17.0 Å². The average Bonchev–Trinajstić information content (AvgIpc) is 2.72. The molecule has 2 aromatic carbocycles. The van der Waals surface area contributed by atoms with Crippen LogP contribution >= 0.6 is 0 Å². The van der Waals surface area contributed by atoms with Gasteiger partial charge in [0.2, 0.25) is 5.88 Å². The number of methoxy groups -OCH3 is 1. The molecule has 9 heteroatoms. The highest BCUT2D eigenvalue weighted by molar-refractivity contribution is 6.02. The van der Waals surface area contributed by atoms with Crippen LogP contribution in [0.2, 0.25) is 0 Å². The van der Waals surface area contributed by atoms with Crippen molar-refractivity contribution in [3.8, 4) is 17.3 Å². The molecule has 0 spiro atoms. The quantitative estimate of drug-likeness (QED) is 0.445. The molecule has 9 nitrogen and oxygen atoms in total. The maximum Gasteiger partial charge on any atom is 0.335 e. The third-order valence-electron chi connectivity index (χ3n) is 4.14. The molecule has 0 bridgehead atoms. The maximum atomic E-state index is 12.3. The zero-order chi connectivity index (χ0) is 21.0. The molecule has 0 aliphatic heterocycles. The second-order valence-electron chi connectivity index (χ2n) is 6.00. The standard InChI is InChI=1S/C20H18N4O5/c1-12(22-23-17(25)13-6-4-3-5-7-13)16-18(26)21-20(28)24(19(16)27)14-8-10-15(29-2)11-9-14/h3-11,27H,1-2H3,(H,23,25)(H,21,26,28). The first kappa shape index (κ1) is 19.6. The van der Waals surface area contributed by atoms with Crippen molar-refractivity contribution in [1.82, 2.24) is 15.0 Å². The number of ether oxygens (including phenoxy) is 1. The summed E-state index contributed by atoms with van der Waals surface area (Å²) in [6.07, 6.45) is 0. The summed E-state index contributed by atoms with van der Waals surface area (Å²) in [5, 5.41) is 14.5. The van der Waals surface area contributed by atoms with Gasteiger partial charge in [-0.1, -0.05) is 18.2 Å². The molecular formula is C20H18N4O5. The number of carbonyl (C=O) groups excluding carboxylic acids is 1. The van der Waals surface area contributed by atoms with E-state index < -0.39 is 23.0 Å². The predicted molar refractivity (Wildman–Crippen MR) is 107 cm³/mol. The van der Waals surface area contributed by atoms with Crippen LogP contribution in [-0.2, 0) is 0 Å². The van der Waals surface area contributed by atoms with Gasteiger partial charge in [-0.25, -0.2) is 14.8 Å². The summed E-state index contributed by atoms with van der Waals surface area (Å²) >= 11 is 0. The lowest BCUT2D eigenvalue weighted by molar-refractivity contribution is 0.0955. The van der Waals surface area contributed by atoms with Crippen LogP contribution in [0.25, 0.3) is 5.69 Å². The normalized spacial score (nSPS) is 11.2. The van der Waals surface area contributed by atoms with Crippen LogP contribution in [0, 0.1) is 0 Å². The Labute approximate surface area is 164 Å². The van der Waals surface area contributed by atoms with Crippen molar-refractivity contribution in [1.29, 1.82) is 0 Å². The molecule has 1 aromatic heterocycles. The summed E-state index contributed by atoms with van der Waals surface area (Å²) in [6.45, 7) is 1.43. The SMILES string of the molecule is COc1ccc(-n2c(O)c(C(C)=NNC(=O)c3ccccc3)c(=O)[nH]c2=O)cc1. The largest absolute Gasteiger partial charge is 0.497 e. The van der Waals surface area contributed by atoms with E-state index in [0.717, 1.165) is 4.57 Å². The fourth-order valence-electron chi connectivity index (χ4n) is 2.67. The van der Waals surface area contributed by atoms with Crippen molar-refractivity contribution >= 4 is 11.6 Å². The van der Waals surface area contributed by atoms with Crippen LogP contribution < -0.4 is 21.4 Å². The van der Waals surface area contributed by atoms with E-state index in [1.54, 1.807) is 54.6 Å². The van der Waals surface area contributed by atoms with Gasteiger partial charge in [0.15, 0.2) is 0 Å². The van der Waals surface area contributed by atoms with Gasteiger partial charge in [-0.15, -0.1) is 0 Å². The number of H-pyrrole nitrogens is 1. The second kappa shape index (κ2) is 8.26. The lowest BCUT2D eigenvalue weighted by Crippen LogP contribution is -2.33. The number of carbonyl (C=O) groups is 1. The minimum atomic E-state index is -0.826.